The van der Waals surface area contributed by atoms with Gasteiger partial charge in [-0.25, -0.2) is 13.4 Å². The summed E-state index contributed by atoms with van der Waals surface area (Å²) in [6, 6.07) is 11.4. The van der Waals surface area contributed by atoms with E-state index in [1.807, 2.05) is 20.8 Å². The smallest absolute Gasteiger partial charge is 0.263 e. The van der Waals surface area contributed by atoms with Crippen LogP contribution in [0.15, 0.2) is 53.7 Å². The third-order valence-corrected chi connectivity index (χ3v) is 6.41. The molecule has 1 heterocycles. The van der Waals surface area contributed by atoms with E-state index in [0.29, 0.717) is 5.75 Å². The van der Waals surface area contributed by atoms with Crippen molar-refractivity contribution in [1.82, 2.24) is 9.97 Å². The Balaban J connectivity index is 2.01. The number of nitrogens with two attached hydrogens (primary N) is 1. The predicted octanol–water partition coefficient (Wildman–Crippen LogP) is 4.37. The molecule has 0 fully saturated rings. The van der Waals surface area contributed by atoms with E-state index in [1.165, 1.54) is 19.2 Å². The highest BCUT2D eigenvalue weighted by Gasteiger charge is 2.24. The van der Waals surface area contributed by atoms with Gasteiger partial charge in [0, 0.05) is 12.6 Å². The van der Waals surface area contributed by atoms with Gasteiger partial charge >= 0.3 is 0 Å². The molecule has 0 aliphatic carbocycles. The van der Waals surface area contributed by atoms with Crippen LogP contribution < -0.4 is 24.7 Å². The number of anilines is 1. The highest BCUT2D eigenvalue weighted by molar-refractivity contribution is 7.92. The summed E-state index contributed by atoms with van der Waals surface area (Å²) in [5.74, 6) is 0.493. The summed E-state index contributed by atoms with van der Waals surface area (Å²) in [7, 11) is -2.51. The molecule has 0 unspecified atom stereocenters. The minimum Gasteiger partial charge on any atom is -0.497 e. The molecule has 0 saturated heterocycles. The molecular formula is C23H27ClN4O5S. The van der Waals surface area contributed by atoms with Crippen molar-refractivity contribution in [2.24, 2.45) is 5.73 Å². The Labute approximate surface area is 204 Å². The second-order valence-corrected chi connectivity index (χ2v) is 10.4. The molecule has 0 aliphatic rings. The van der Waals surface area contributed by atoms with Crippen molar-refractivity contribution in [1.29, 1.82) is 0 Å². The molecule has 2 aromatic carbocycles. The third-order valence-electron chi connectivity index (χ3n) is 4.74. The van der Waals surface area contributed by atoms with Crippen LogP contribution in [0, 0.1) is 0 Å². The summed E-state index contributed by atoms with van der Waals surface area (Å²) in [6.07, 6.45) is 1.16. The first-order chi connectivity index (χ1) is 16.0. The lowest BCUT2D eigenvalue weighted by Crippen LogP contribution is -2.17. The van der Waals surface area contributed by atoms with Gasteiger partial charge in [-0.2, -0.15) is 4.98 Å². The number of methoxy groups -OCH3 is 1. The highest BCUT2D eigenvalue weighted by Crippen LogP contribution is 2.40. The molecule has 34 heavy (non-hydrogen) atoms. The zero-order valence-corrected chi connectivity index (χ0v) is 20.9. The first kappa shape index (κ1) is 25.5. The van der Waals surface area contributed by atoms with Gasteiger partial charge in [0.15, 0.2) is 5.82 Å². The van der Waals surface area contributed by atoms with Crippen LogP contribution in [-0.4, -0.2) is 38.6 Å². The lowest BCUT2D eigenvalue weighted by atomic mass is 9.87. The molecule has 3 N–H and O–H groups in total. The highest BCUT2D eigenvalue weighted by atomic mass is 35.5. The van der Waals surface area contributed by atoms with E-state index < -0.39 is 10.0 Å². The fourth-order valence-electron chi connectivity index (χ4n) is 2.90. The van der Waals surface area contributed by atoms with Gasteiger partial charge in [-0.3, -0.25) is 4.72 Å². The maximum Gasteiger partial charge on any atom is 0.263 e. The molecule has 3 aromatic rings. The summed E-state index contributed by atoms with van der Waals surface area (Å²) in [4.78, 5) is 8.20. The van der Waals surface area contributed by atoms with Gasteiger partial charge in [0.1, 0.15) is 24.4 Å². The lowest BCUT2D eigenvalue weighted by Gasteiger charge is -2.19. The van der Waals surface area contributed by atoms with Crippen molar-refractivity contribution in [3.63, 3.8) is 0 Å². The van der Waals surface area contributed by atoms with E-state index in [0.717, 1.165) is 11.9 Å². The average Bonchev–Trinajstić information content (AvgIpc) is 2.80. The van der Waals surface area contributed by atoms with Crippen LogP contribution in [0.5, 0.6) is 23.1 Å². The number of sulfonamides is 1. The number of hydrogen-bond acceptors (Lipinski definition) is 8. The van der Waals surface area contributed by atoms with Crippen LogP contribution in [0.1, 0.15) is 26.3 Å². The van der Waals surface area contributed by atoms with Crippen molar-refractivity contribution >= 4 is 27.4 Å². The predicted molar refractivity (Wildman–Crippen MR) is 131 cm³/mol. The van der Waals surface area contributed by atoms with E-state index in [2.05, 4.69) is 14.7 Å². The molecular weight excluding hydrogens is 480 g/mol. The molecule has 0 bridgehead atoms. The van der Waals surface area contributed by atoms with Crippen LogP contribution in [0.2, 0.25) is 5.02 Å². The summed E-state index contributed by atoms with van der Waals surface area (Å²) in [6.45, 7) is 6.48. The van der Waals surface area contributed by atoms with Gasteiger partial charge in [-0.05, 0) is 35.2 Å². The first-order valence-electron chi connectivity index (χ1n) is 10.4. The SMILES string of the molecule is COc1ccc(Cl)c(Oc2c(NS(=O)(=O)c3ccc(C(C)(C)C)cc3)ncnc2OCCN)c1. The normalized spacial score (nSPS) is 11.7. The Morgan fingerprint density at radius 3 is 2.41 bits per heavy atom. The fraction of sp³-hybridized carbons (Fsp3) is 0.304. The van der Waals surface area contributed by atoms with Gasteiger partial charge in [-0.1, -0.05) is 44.5 Å². The molecule has 1 aromatic heterocycles. The largest absolute Gasteiger partial charge is 0.497 e. The summed E-state index contributed by atoms with van der Waals surface area (Å²) in [5.41, 5.74) is 6.43. The molecule has 0 aliphatic heterocycles. The number of nitrogens with zero attached hydrogens (tertiary/aromatic N) is 2. The summed E-state index contributed by atoms with van der Waals surface area (Å²) in [5, 5.41) is 0.265. The topological polar surface area (TPSA) is 126 Å². The number of halogens is 1. The summed E-state index contributed by atoms with van der Waals surface area (Å²) < 4.78 is 45.4. The quantitative estimate of drug-likeness (QED) is 0.438. The van der Waals surface area contributed by atoms with E-state index >= 15 is 0 Å². The van der Waals surface area contributed by atoms with E-state index in [-0.39, 0.29) is 51.7 Å². The van der Waals surface area contributed by atoms with Crippen LogP contribution in [0.3, 0.4) is 0 Å². The zero-order valence-electron chi connectivity index (χ0n) is 19.3. The number of benzene rings is 2. The summed E-state index contributed by atoms with van der Waals surface area (Å²) >= 11 is 6.27. The standard InChI is InChI=1S/C23H27ClN4O5S/c1-23(2,3)15-5-8-17(9-6-15)34(29,30)28-21-20(22(27-14-26-21)32-12-11-25)33-19-13-16(31-4)7-10-18(19)24/h5-10,13-14H,11-12,25H2,1-4H3,(H,26,27,28). The zero-order chi connectivity index (χ0) is 24.9. The molecule has 0 amide bonds. The maximum absolute atomic E-state index is 13.1. The third kappa shape index (κ3) is 6.07. The van der Waals surface area contributed by atoms with Crippen molar-refractivity contribution in [3.8, 4) is 23.1 Å². The second kappa shape index (κ2) is 10.5. The van der Waals surface area contributed by atoms with Gasteiger partial charge in [-0.15, -0.1) is 0 Å². The minimum absolute atomic E-state index is 0.000108. The Bertz CT molecular complexity index is 1250. The molecule has 0 radical (unpaired) electrons. The van der Waals surface area contributed by atoms with Crippen LogP contribution >= 0.6 is 11.6 Å². The van der Waals surface area contributed by atoms with Crippen molar-refractivity contribution < 1.29 is 22.6 Å². The molecule has 11 heteroatoms. The molecule has 9 nitrogen and oxygen atoms in total. The Morgan fingerprint density at radius 2 is 1.79 bits per heavy atom. The second-order valence-electron chi connectivity index (χ2n) is 8.27. The van der Waals surface area contributed by atoms with Crippen LogP contribution in [0.4, 0.5) is 5.82 Å². The lowest BCUT2D eigenvalue weighted by molar-refractivity contribution is 0.298. The maximum atomic E-state index is 13.1. The van der Waals surface area contributed by atoms with E-state index in [4.69, 9.17) is 31.5 Å². The van der Waals surface area contributed by atoms with E-state index in [9.17, 15) is 8.42 Å². The van der Waals surface area contributed by atoms with Crippen LogP contribution in [-0.2, 0) is 15.4 Å². The molecule has 0 spiro atoms. The Kier molecular flexibility index (Phi) is 7.86. The van der Waals surface area contributed by atoms with Crippen molar-refractivity contribution in [3.05, 3.63) is 59.4 Å². The molecule has 0 saturated carbocycles. The molecule has 3 rings (SSSR count). The first-order valence-corrected chi connectivity index (χ1v) is 12.2. The number of aromatic nitrogens is 2. The minimum atomic E-state index is -4.01. The van der Waals surface area contributed by atoms with Gasteiger partial charge < -0.3 is 19.9 Å². The Hall–Kier alpha value is -3.08. The number of rotatable bonds is 9. The van der Waals surface area contributed by atoms with Gasteiger partial charge in [0.25, 0.3) is 15.9 Å². The Morgan fingerprint density at radius 1 is 1.09 bits per heavy atom. The van der Waals surface area contributed by atoms with Gasteiger partial charge in [0.05, 0.1) is 17.0 Å². The number of nitrogens with one attached hydrogen (secondary N) is 1. The average molecular weight is 507 g/mol. The van der Waals surface area contributed by atoms with Crippen molar-refractivity contribution in [2.75, 3.05) is 25.0 Å². The van der Waals surface area contributed by atoms with E-state index in [1.54, 1.807) is 30.3 Å². The fourth-order valence-corrected chi connectivity index (χ4v) is 4.07. The molecule has 0 atom stereocenters. The molecule has 182 valence electrons. The monoisotopic (exact) mass is 506 g/mol. The number of ether oxygens (including phenoxy) is 3. The van der Waals surface area contributed by atoms with Crippen molar-refractivity contribution in [2.45, 2.75) is 31.1 Å². The van der Waals surface area contributed by atoms with Crippen LogP contribution in [0.25, 0.3) is 0 Å². The number of hydrogen-bond donors (Lipinski definition) is 2. The van der Waals surface area contributed by atoms with Gasteiger partial charge in [0.2, 0.25) is 5.75 Å².